The first-order chi connectivity index (χ1) is 12.9. The summed E-state index contributed by atoms with van der Waals surface area (Å²) in [6, 6.07) is 13.4. The number of rotatable bonds is 8. The molecule has 3 N–H and O–H groups in total. The Labute approximate surface area is 159 Å². The molecule has 1 unspecified atom stereocenters. The molecule has 2 aromatic carbocycles. The zero-order chi connectivity index (χ0) is 19.8. The minimum Gasteiger partial charge on any atom is -0.322 e. The average Bonchev–Trinajstić information content (AvgIpc) is 2.63. The zero-order valence-corrected chi connectivity index (χ0v) is 16.0. The predicted molar refractivity (Wildman–Crippen MR) is 105 cm³/mol. The third-order valence-corrected chi connectivity index (χ3v) is 4.43. The van der Waals surface area contributed by atoms with Crippen molar-refractivity contribution in [2.45, 2.75) is 26.2 Å². The number of hydrogen-bond acceptors (Lipinski definition) is 2. The molecule has 0 saturated heterocycles. The minimum atomic E-state index is -0.356. The Hall–Kier alpha value is -2.73. The Morgan fingerprint density at radius 2 is 1.59 bits per heavy atom. The van der Waals surface area contributed by atoms with Crippen LogP contribution < -0.4 is 15.5 Å². The van der Waals surface area contributed by atoms with E-state index in [1.54, 1.807) is 7.05 Å². The molecule has 2 aromatic rings. The molecular formula is C21H27FN3O2+. The number of nitrogens with one attached hydrogen (secondary N) is 3. The lowest BCUT2D eigenvalue weighted by Gasteiger charge is -2.17. The van der Waals surface area contributed by atoms with Gasteiger partial charge >= 0.3 is 0 Å². The SMILES string of the molecule is CC[C@H](C)c1ccccc1NC(=O)C[NH+](C)CC(=O)Nc1ccc(F)cc1. The van der Waals surface area contributed by atoms with Crippen molar-refractivity contribution in [3.63, 3.8) is 0 Å². The van der Waals surface area contributed by atoms with Gasteiger partial charge in [-0.15, -0.1) is 0 Å². The van der Waals surface area contributed by atoms with E-state index in [1.807, 2.05) is 24.3 Å². The summed E-state index contributed by atoms with van der Waals surface area (Å²) in [5, 5.41) is 5.65. The van der Waals surface area contributed by atoms with Crippen molar-refractivity contribution in [3.8, 4) is 0 Å². The number of anilines is 2. The summed E-state index contributed by atoms with van der Waals surface area (Å²) in [5.74, 6) is -0.372. The summed E-state index contributed by atoms with van der Waals surface area (Å²) in [5.41, 5.74) is 2.46. The van der Waals surface area contributed by atoms with Crippen LogP contribution in [0, 0.1) is 5.82 Å². The molecule has 0 radical (unpaired) electrons. The molecular weight excluding hydrogens is 345 g/mol. The maximum absolute atomic E-state index is 12.9. The number of carbonyl (C=O) groups excluding carboxylic acids is 2. The molecule has 27 heavy (non-hydrogen) atoms. The quantitative estimate of drug-likeness (QED) is 0.666. The minimum absolute atomic E-state index is 0.137. The van der Waals surface area contributed by atoms with Crippen LogP contribution in [0.3, 0.4) is 0 Å². The van der Waals surface area contributed by atoms with Crippen LogP contribution in [0.4, 0.5) is 15.8 Å². The fraction of sp³-hybridized carbons (Fsp3) is 0.333. The highest BCUT2D eigenvalue weighted by Gasteiger charge is 2.16. The molecule has 6 heteroatoms. The van der Waals surface area contributed by atoms with Crippen molar-refractivity contribution >= 4 is 23.2 Å². The molecule has 144 valence electrons. The van der Waals surface area contributed by atoms with Gasteiger partial charge in [-0.3, -0.25) is 9.59 Å². The summed E-state index contributed by atoms with van der Waals surface area (Å²) in [6.07, 6.45) is 0.988. The van der Waals surface area contributed by atoms with E-state index >= 15 is 0 Å². The Balaban J connectivity index is 1.86. The van der Waals surface area contributed by atoms with E-state index in [1.165, 1.54) is 24.3 Å². The van der Waals surface area contributed by atoms with Gasteiger partial charge in [0.15, 0.2) is 13.1 Å². The number of benzene rings is 2. The van der Waals surface area contributed by atoms with Gasteiger partial charge in [0.25, 0.3) is 11.8 Å². The number of quaternary nitrogens is 1. The van der Waals surface area contributed by atoms with E-state index in [0.717, 1.165) is 22.6 Å². The topological polar surface area (TPSA) is 62.6 Å². The van der Waals surface area contributed by atoms with Gasteiger partial charge in [0.2, 0.25) is 0 Å². The van der Waals surface area contributed by atoms with E-state index < -0.39 is 0 Å². The normalized spacial score (nSPS) is 12.9. The van der Waals surface area contributed by atoms with Crippen LogP contribution in [-0.2, 0) is 9.59 Å². The maximum atomic E-state index is 12.9. The van der Waals surface area contributed by atoms with Crippen LogP contribution in [0.1, 0.15) is 31.7 Å². The van der Waals surface area contributed by atoms with Crippen molar-refractivity contribution in [1.29, 1.82) is 0 Å². The number of halogens is 1. The zero-order valence-electron chi connectivity index (χ0n) is 16.0. The molecule has 5 nitrogen and oxygen atoms in total. The van der Waals surface area contributed by atoms with Crippen molar-refractivity contribution < 1.29 is 18.9 Å². The first-order valence-corrected chi connectivity index (χ1v) is 9.14. The molecule has 2 atom stereocenters. The molecule has 2 amide bonds. The lowest BCUT2D eigenvalue weighted by Crippen LogP contribution is -3.11. The van der Waals surface area contributed by atoms with Gasteiger partial charge in [-0.05, 0) is 48.2 Å². The van der Waals surface area contributed by atoms with Crippen LogP contribution in [0.2, 0.25) is 0 Å². The first-order valence-electron chi connectivity index (χ1n) is 9.14. The van der Waals surface area contributed by atoms with E-state index in [9.17, 15) is 14.0 Å². The lowest BCUT2D eigenvalue weighted by molar-refractivity contribution is -0.862. The number of likely N-dealkylation sites (N-methyl/N-ethyl adjacent to an activating group) is 1. The highest BCUT2D eigenvalue weighted by Crippen LogP contribution is 2.26. The van der Waals surface area contributed by atoms with Crippen molar-refractivity contribution in [2.75, 3.05) is 30.8 Å². The fourth-order valence-corrected chi connectivity index (χ4v) is 2.80. The second-order valence-corrected chi connectivity index (χ2v) is 6.81. The number of para-hydroxylation sites is 1. The van der Waals surface area contributed by atoms with Crippen molar-refractivity contribution in [2.24, 2.45) is 0 Å². The highest BCUT2D eigenvalue weighted by molar-refractivity contribution is 5.93. The van der Waals surface area contributed by atoms with Gasteiger partial charge in [-0.25, -0.2) is 4.39 Å². The van der Waals surface area contributed by atoms with Crippen molar-refractivity contribution in [3.05, 3.63) is 59.9 Å². The van der Waals surface area contributed by atoms with Gasteiger partial charge in [0.1, 0.15) is 5.82 Å². The summed E-state index contributed by atoms with van der Waals surface area (Å²) in [4.78, 5) is 25.2. The third kappa shape index (κ3) is 6.49. The highest BCUT2D eigenvalue weighted by atomic mass is 19.1. The Morgan fingerprint density at radius 1 is 1.00 bits per heavy atom. The summed E-state index contributed by atoms with van der Waals surface area (Å²) >= 11 is 0. The van der Waals surface area contributed by atoms with E-state index in [-0.39, 0.29) is 30.7 Å². The lowest BCUT2D eigenvalue weighted by atomic mass is 9.97. The third-order valence-electron chi connectivity index (χ3n) is 4.43. The number of hydrogen-bond donors (Lipinski definition) is 3. The van der Waals surface area contributed by atoms with Gasteiger partial charge in [0, 0.05) is 11.4 Å². The second kappa shape index (κ2) is 9.83. The van der Waals surface area contributed by atoms with Gasteiger partial charge in [-0.1, -0.05) is 32.0 Å². The molecule has 0 aromatic heterocycles. The second-order valence-electron chi connectivity index (χ2n) is 6.81. The predicted octanol–water partition coefficient (Wildman–Crippen LogP) is 2.43. The molecule has 0 aliphatic carbocycles. The summed E-state index contributed by atoms with van der Waals surface area (Å²) in [7, 11) is 1.78. The summed E-state index contributed by atoms with van der Waals surface area (Å²) in [6.45, 7) is 4.55. The average molecular weight is 372 g/mol. The molecule has 0 aliphatic heterocycles. The summed E-state index contributed by atoms with van der Waals surface area (Å²) < 4.78 is 12.9. The molecule has 0 saturated carbocycles. The van der Waals surface area contributed by atoms with Crippen molar-refractivity contribution in [1.82, 2.24) is 0 Å². The van der Waals surface area contributed by atoms with E-state index in [0.29, 0.717) is 11.6 Å². The number of amides is 2. The van der Waals surface area contributed by atoms with Crippen LogP contribution in [-0.4, -0.2) is 32.0 Å². The van der Waals surface area contributed by atoms with Crippen LogP contribution in [0.15, 0.2) is 48.5 Å². The van der Waals surface area contributed by atoms with Gasteiger partial charge in [0.05, 0.1) is 7.05 Å². The first kappa shape index (κ1) is 20.6. The largest absolute Gasteiger partial charge is 0.322 e. The number of carbonyl (C=O) groups is 2. The Morgan fingerprint density at radius 3 is 2.22 bits per heavy atom. The molecule has 0 bridgehead atoms. The Kier molecular flexibility index (Phi) is 7.49. The smallest absolute Gasteiger partial charge is 0.279 e. The fourth-order valence-electron chi connectivity index (χ4n) is 2.80. The van der Waals surface area contributed by atoms with E-state index in [4.69, 9.17) is 0 Å². The standard InChI is InChI=1S/C21H26FN3O2/c1-4-15(2)18-7-5-6-8-19(18)24-21(27)14-25(3)13-20(26)23-17-11-9-16(22)10-12-17/h5-12,15H,4,13-14H2,1-3H3,(H,23,26)(H,24,27)/p+1/t15-/m0/s1. The van der Waals surface area contributed by atoms with Gasteiger partial charge < -0.3 is 15.5 Å². The van der Waals surface area contributed by atoms with Crippen LogP contribution in [0.5, 0.6) is 0 Å². The maximum Gasteiger partial charge on any atom is 0.279 e. The van der Waals surface area contributed by atoms with Gasteiger partial charge in [-0.2, -0.15) is 0 Å². The molecule has 0 fully saturated rings. The molecule has 0 aliphatic rings. The molecule has 0 heterocycles. The monoisotopic (exact) mass is 372 g/mol. The Bertz CT molecular complexity index is 777. The van der Waals surface area contributed by atoms with E-state index in [2.05, 4.69) is 24.5 Å². The van der Waals surface area contributed by atoms with Crippen LogP contribution >= 0.6 is 0 Å². The van der Waals surface area contributed by atoms with Crippen LogP contribution in [0.25, 0.3) is 0 Å². The molecule has 0 spiro atoms. The molecule has 2 rings (SSSR count).